The van der Waals surface area contributed by atoms with E-state index in [2.05, 4.69) is 5.32 Å². The molecule has 2 N–H and O–H groups in total. The molecule has 1 aliphatic heterocycles. The van der Waals surface area contributed by atoms with E-state index in [1.54, 1.807) is 24.3 Å². The molecule has 0 spiro atoms. The van der Waals surface area contributed by atoms with Crippen molar-refractivity contribution in [3.05, 3.63) is 24.3 Å². The lowest BCUT2D eigenvalue weighted by Gasteiger charge is -2.34. The van der Waals surface area contributed by atoms with Gasteiger partial charge in [-0.15, -0.1) is 0 Å². The molecule has 0 aromatic heterocycles. The zero-order valence-corrected chi connectivity index (χ0v) is 10.6. The number of carbonyl (C=O) groups is 2. The summed E-state index contributed by atoms with van der Waals surface area (Å²) in [5, 5.41) is 12.0. The maximum Gasteiger partial charge on any atom is 0.328 e. The first kappa shape index (κ1) is 13.4. The molecule has 0 bridgehead atoms. The summed E-state index contributed by atoms with van der Waals surface area (Å²) < 4.78 is 5.46. The highest BCUT2D eigenvalue weighted by Crippen LogP contribution is 2.30. The molecule has 1 amide bonds. The van der Waals surface area contributed by atoms with Gasteiger partial charge in [0.05, 0.1) is 18.8 Å². The van der Waals surface area contributed by atoms with Crippen LogP contribution in [0.3, 0.4) is 0 Å². The lowest BCUT2D eigenvalue weighted by molar-refractivity contribution is -0.140. The largest absolute Gasteiger partial charge is 0.492 e. The molecule has 1 aliphatic rings. The third kappa shape index (κ3) is 2.68. The Morgan fingerprint density at radius 1 is 1.53 bits per heavy atom. The molecule has 1 atom stereocenters. The fourth-order valence-electron chi connectivity index (χ4n) is 2.10. The van der Waals surface area contributed by atoms with Crippen LogP contribution in [0.2, 0.25) is 0 Å². The lowest BCUT2D eigenvalue weighted by Crippen LogP contribution is -2.58. The minimum Gasteiger partial charge on any atom is -0.492 e. The molecule has 1 heterocycles. The molecule has 1 aromatic carbocycles. The first-order valence-corrected chi connectivity index (χ1v) is 6.12. The number of carboxylic acids is 1. The highest BCUT2D eigenvalue weighted by Gasteiger charge is 2.35. The normalized spacial score (nSPS) is 19.3. The van der Waals surface area contributed by atoms with Crippen LogP contribution in [0.25, 0.3) is 0 Å². The molecule has 1 saturated heterocycles. The summed E-state index contributed by atoms with van der Waals surface area (Å²) in [4.78, 5) is 24.6. The van der Waals surface area contributed by atoms with E-state index in [0.29, 0.717) is 18.0 Å². The number of carbonyl (C=O) groups excluding carboxylic acids is 1. The molecular weight excluding hydrogens is 248 g/mol. The zero-order valence-electron chi connectivity index (χ0n) is 10.6. The van der Waals surface area contributed by atoms with Crippen molar-refractivity contribution in [2.45, 2.75) is 13.0 Å². The first-order chi connectivity index (χ1) is 9.15. The number of benzene rings is 1. The fourth-order valence-corrected chi connectivity index (χ4v) is 2.10. The van der Waals surface area contributed by atoms with E-state index in [9.17, 15) is 14.7 Å². The molecule has 1 fully saturated rings. The number of ether oxygens (including phenoxy) is 1. The standard InChI is InChI=1S/C13H16N2O4/c1-2-19-11-6-4-3-5-9(11)15-10(13(17)18)7-14-8-12(15)16/h3-6,10,14H,2,7-8H2,1H3,(H,17,18). The molecule has 0 radical (unpaired) electrons. The van der Waals surface area contributed by atoms with Crippen LogP contribution in [0.1, 0.15) is 6.92 Å². The molecule has 0 saturated carbocycles. The van der Waals surface area contributed by atoms with Crippen molar-refractivity contribution in [1.82, 2.24) is 5.32 Å². The summed E-state index contributed by atoms with van der Waals surface area (Å²) in [6.45, 7) is 2.64. The number of amides is 1. The number of carboxylic acid groups (broad SMARTS) is 1. The zero-order chi connectivity index (χ0) is 13.8. The maximum atomic E-state index is 12.0. The molecule has 6 nitrogen and oxygen atoms in total. The number of nitrogens with one attached hydrogen (secondary N) is 1. The van der Waals surface area contributed by atoms with Gasteiger partial charge in [-0.3, -0.25) is 9.69 Å². The third-order valence-electron chi connectivity index (χ3n) is 2.90. The van der Waals surface area contributed by atoms with Crippen molar-refractivity contribution in [3.8, 4) is 5.75 Å². The van der Waals surface area contributed by atoms with E-state index in [4.69, 9.17) is 4.74 Å². The van der Waals surface area contributed by atoms with Gasteiger partial charge in [0.25, 0.3) is 0 Å². The van der Waals surface area contributed by atoms with Crippen LogP contribution < -0.4 is 15.0 Å². The monoisotopic (exact) mass is 264 g/mol. The number of nitrogens with zero attached hydrogens (tertiary/aromatic N) is 1. The van der Waals surface area contributed by atoms with E-state index in [1.807, 2.05) is 6.92 Å². The molecule has 0 aliphatic carbocycles. The Bertz CT molecular complexity index is 489. The van der Waals surface area contributed by atoms with Gasteiger partial charge < -0.3 is 15.2 Å². The molecule has 19 heavy (non-hydrogen) atoms. The van der Waals surface area contributed by atoms with E-state index >= 15 is 0 Å². The Hall–Kier alpha value is -2.08. The molecule has 1 unspecified atom stereocenters. The minimum absolute atomic E-state index is 0.129. The van der Waals surface area contributed by atoms with Gasteiger partial charge in [-0.2, -0.15) is 0 Å². The second kappa shape index (κ2) is 5.71. The Morgan fingerprint density at radius 2 is 2.26 bits per heavy atom. The van der Waals surface area contributed by atoms with Gasteiger partial charge >= 0.3 is 5.97 Å². The van der Waals surface area contributed by atoms with Crippen LogP contribution in [-0.2, 0) is 9.59 Å². The van der Waals surface area contributed by atoms with Crippen LogP contribution in [0.15, 0.2) is 24.3 Å². The van der Waals surface area contributed by atoms with Gasteiger partial charge in [0.1, 0.15) is 11.8 Å². The van der Waals surface area contributed by atoms with E-state index in [-0.39, 0.29) is 19.0 Å². The van der Waals surface area contributed by atoms with Gasteiger partial charge in [-0.25, -0.2) is 4.79 Å². The summed E-state index contributed by atoms with van der Waals surface area (Å²) in [6, 6.07) is 6.06. The number of rotatable bonds is 4. The summed E-state index contributed by atoms with van der Waals surface area (Å²) >= 11 is 0. The van der Waals surface area contributed by atoms with Gasteiger partial charge in [0.15, 0.2) is 0 Å². The van der Waals surface area contributed by atoms with Gasteiger partial charge in [0.2, 0.25) is 5.91 Å². The van der Waals surface area contributed by atoms with E-state index in [0.717, 1.165) is 0 Å². The van der Waals surface area contributed by atoms with Crippen LogP contribution in [-0.4, -0.2) is 42.7 Å². The average Bonchev–Trinajstić information content (AvgIpc) is 2.40. The van der Waals surface area contributed by atoms with Crippen molar-refractivity contribution < 1.29 is 19.4 Å². The SMILES string of the molecule is CCOc1ccccc1N1C(=O)CNCC1C(=O)O. The van der Waals surface area contributed by atoms with Gasteiger partial charge in [-0.1, -0.05) is 12.1 Å². The highest BCUT2D eigenvalue weighted by molar-refractivity contribution is 6.02. The van der Waals surface area contributed by atoms with Crippen molar-refractivity contribution in [3.63, 3.8) is 0 Å². The van der Waals surface area contributed by atoms with Gasteiger partial charge in [0, 0.05) is 6.54 Å². The van der Waals surface area contributed by atoms with E-state index < -0.39 is 12.0 Å². The lowest BCUT2D eigenvalue weighted by atomic mass is 10.1. The molecule has 2 rings (SSSR count). The van der Waals surface area contributed by atoms with Crippen molar-refractivity contribution in [1.29, 1.82) is 0 Å². The second-order valence-corrected chi connectivity index (χ2v) is 4.15. The fraction of sp³-hybridized carbons (Fsp3) is 0.385. The Kier molecular flexibility index (Phi) is 4.01. The molecule has 102 valence electrons. The van der Waals surface area contributed by atoms with Crippen LogP contribution in [0.5, 0.6) is 5.75 Å². The number of aliphatic carboxylic acids is 1. The van der Waals surface area contributed by atoms with Crippen LogP contribution >= 0.6 is 0 Å². The minimum atomic E-state index is -1.04. The topological polar surface area (TPSA) is 78.9 Å². The Labute approximate surface area is 111 Å². The van der Waals surface area contributed by atoms with Crippen LogP contribution in [0.4, 0.5) is 5.69 Å². The van der Waals surface area contributed by atoms with Crippen molar-refractivity contribution >= 4 is 17.6 Å². The Morgan fingerprint density at radius 3 is 2.95 bits per heavy atom. The third-order valence-corrected chi connectivity index (χ3v) is 2.90. The number of hydrogen-bond donors (Lipinski definition) is 2. The molecular formula is C13H16N2O4. The number of anilines is 1. The summed E-state index contributed by atoms with van der Waals surface area (Å²) in [5.74, 6) is -0.788. The van der Waals surface area contributed by atoms with Gasteiger partial charge in [-0.05, 0) is 19.1 Å². The van der Waals surface area contributed by atoms with Crippen molar-refractivity contribution in [2.75, 3.05) is 24.6 Å². The molecule has 1 aromatic rings. The summed E-state index contributed by atoms with van der Waals surface area (Å²) in [7, 11) is 0. The number of hydrogen-bond acceptors (Lipinski definition) is 4. The van der Waals surface area contributed by atoms with E-state index in [1.165, 1.54) is 4.90 Å². The van der Waals surface area contributed by atoms with Crippen molar-refractivity contribution in [2.24, 2.45) is 0 Å². The predicted molar refractivity (Wildman–Crippen MR) is 69.4 cm³/mol. The summed E-state index contributed by atoms with van der Waals surface area (Å²) in [6.07, 6.45) is 0. The smallest absolute Gasteiger partial charge is 0.328 e. The number of piperazine rings is 1. The maximum absolute atomic E-state index is 12.0. The predicted octanol–water partition coefficient (Wildman–Crippen LogP) is 0.475. The Balaban J connectivity index is 2.41. The second-order valence-electron chi connectivity index (χ2n) is 4.15. The highest BCUT2D eigenvalue weighted by atomic mass is 16.5. The first-order valence-electron chi connectivity index (χ1n) is 6.12. The quantitative estimate of drug-likeness (QED) is 0.826. The number of para-hydroxylation sites is 2. The summed E-state index contributed by atoms with van der Waals surface area (Å²) in [5.41, 5.74) is 0.503. The average molecular weight is 264 g/mol. The van der Waals surface area contributed by atoms with Crippen LogP contribution in [0, 0.1) is 0 Å². The molecule has 6 heteroatoms.